The number of ether oxygens (including phenoxy) is 1. The highest BCUT2D eigenvalue weighted by molar-refractivity contribution is 6.39. The molecule has 1 aliphatic heterocycles. The molecule has 1 atom stereocenters. The fraction of sp³-hybridized carbons (Fsp3) is 0.368. The zero-order valence-corrected chi connectivity index (χ0v) is 15.5. The molecule has 0 aliphatic carbocycles. The Hall–Kier alpha value is -2.78. The molecular weight excluding hydrogens is 370 g/mol. The number of morpholine rings is 1. The first-order valence-corrected chi connectivity index (χ1v) is 8.93. The van der Waals surface area contributed by atoms with Crippen molar-refractivity contribution in [2.45, 2.75) is 6.04 Å². The van der Waals surface area contributed by atoms with Crippen LogP contribution in [0.5, 0.6) is 0 Å². The molecule has 2 heterocycles. The number of nitrogens with zero attached hydrogens (tertiary/aromatic N) is 2. The van der Waals surface area contributed by atoms with E-state index in [0.717, 1.165) is 17.8 Å². The monoisotopic (exact) mass is 392 g/mol. The molecule has 3 rings (SSSR count). The Labute approximate surface area is 161 Å². The minimum Gasteiger partial charge on any atom is -0.379 e. The van der Waals surface area contributed by atoms with Crippen LogP contribution >= 0.6 is 0 Å². The summed E-state index contributed by atoms with van der Waals surface area (Å²) in [5.41, 5.74) is 0.737. The molecule has 1 aromatic carbocycles. The fourth-order valence-electron chi connectivity index (χ4n) is 3.17. The van der Waals surface area contributed by atoms with Crippen molar-refractivity contribution in [3.05, 3.63) is 53.9 Å². The van der Waals surface area contributed by atoms with Crippen molar-refractivity contribution in [1.29, 1.82) is 0 Å². The van der Waals surface area contributed by atoms with Gasteiger partial charge in [-0.2, -0.15) is 0 Å². The van der Waals surface area contributed by atoms with Gasteiger partial charge in [-0.1, -0.05) is 0 Å². The lowest BCUT2D eigenvalue weighted by Crippen LogP contribution is -2.46. The van der Waals surface area contributed by atoms with Gasteiger partial charge in [0.2, 0.25) is 0 Å². The largest absolute Gasteiger partial charge is 0.379 e. The summed E-state index contributed by atoms with van der Waals surface area (Å²) in [5, 5.41) is 4.76. The van der Waals surface area contributed by atoms with Crippen molar-refractivity contribution in [2.24, 2.45) is 7.05 Å². The van der Waals surface area contributed by atoms with Crippen LogP contribution in [0.15, 0.2) is 36.5 Å². The van der Waals surface area contributed by atoms with E-state index >= 15 is 0 Å². The molecule has 2 N–H and O–H groups in total. The van der Waals surface area contributed by atoms with Crippen molar-refractivity contribution in [2.75, 3.05) is 38.2 Å². The normalized spacial score (nSPS) is 15.8. The molecule has 0 saturated carbocycles. The second-order valence-corrected chi connectivity index (χ2v) is 6.50. The number of halogens is 2. The molecular formula is C19H22F2N4O3. The molecule has 0 bridgehead atoms. The van der Waals surface area contributed by atoms with E-state index < -0.39 is 23.4 Å². The van der Waals surface area contributed by atoms with E-state index in [0.29, 0.717) is 32.4 Å². The predicted molar refractivity (Wildman–Crippen MR) is 98.5 cm³/mol. The van der Waals surface area contributed by atoms with Crippen molar-refractivity contribution in [3.63, 3.8) is 0 Å². The third-order valence-electron chi connectivity index (χ3n) is 4.65. The topological polar surface area (TPSA) is 75.6 Å². The third-order valence-corrected chi connectivity index (χ3v) is 4.65. The van der Waals surface area contributed by atoms with Crippen LogP contribution in [0.2, 0.25) is 0 Å². The average Bonchev–Trinajstić information content (AvgIpc) is 3.10. The summed E-state index contributed by atoms with van der Waals surface area (Å²) >= 11 is 0. The molecule has 1 aliphatic rings. The van der Waals surface area contributed by atoms with Crippen LogP contribution in [0.3, 0.4) is 0 Å². The first-order chi connectivity index (χ1) is 13.5. The van der Waals surface area contributed by atoms with Gasteiger partial charge in [-0.25, -0.2) is 8.78 Å². The number of benzene rings is 1. The van der Waals surface area contributed by atoms with Crippen LogP contribution in [-0.2, 0) is 21.4 Å². The molecule has 0 spiro atoms. The molecule has 1 saturated heterocycles. The third kappa shape index (κ3) is 4.73. The zero-order chi connectivity index (χ0) is 20.1. The summed E-state index contributed by atoms with van der Waals surface area (Å²) in [7, 11) is 1.91. The lowest BCUT2D eigenvalue weighted by molar-refractivity contribution is -0.136. The van der Waals surface area contributed by atoms with Gasteiger partial charge in [0.15, 0.2) is 0 Å². The Balaban J connectivity index is 1.64. The number of rotatable bonds is 5. The Kier molecular flexibility index (Phi) is 6.37. The van der Waals surface area contributed by atoms with Gasteiger partial charge in [0.1, 0.15) is 11.6 Å². The molecule has 9 heteroatoms. The Morgan fingerprint density at radius 2 is 1.93 bits per heavy atom. The van der Waals surface area contributed by atoms with Crippen molar-refractivity contribution in [3.8, 4) is 0 Å². The van der Waals surface area contributed by atoms with Crippen LogP contribution in [0.1, 0.15) is 11.7 Å². The highest BCUT2D eigenvalue weighted by Gasteiger charge is 2.26. The first-order valence-electron chi connectivity index (χ1n) is 8.93. The quantitative estimate of drug-likeness (QED) is 0.755. The van der Waals surface area contributed by atoms with Crippen molar-refractivity contribution < 1.29 is 23.1 Å². The van der Waals surface area contributed by atoms with E-state index in [1.807, 2.05) is 29.9 Å². The number of carbonyl (C=O) groups is 2. The van der Waals surface area contributed by atoms with Gasteiger partial charge >= 0.3 is 11.8 Å². The lowest BCUT2D eigenvalue weighted by Gasteiger charge is -2.34. The molecule has 1 aromatic heterocycles. The minimum absolute atomic E-state index is 0.136. The highest BCUT2D eigenvalue weighted by Crippen LogP contribution is 2.21. The number of nitrogens with one attached hydrogen (secondary N) is 2. The van der Waals surface area contributed by atoms with Gasteiger partial charge in [0, 0.05) is 44.6 Å². The number of hydrogen-bond donors (Lipinski definition) is 2. The first kappa shape index (κ1) is 20.0. The maximum Gasteiger partial charge on any atom is 0.313 e. The lowest BCUT2D eigenvalue weighted by atomic mass is 10.1. The number of hydrogen-bond acceptors (Lipinski definition) is 4. The van der Waals surface area contributed by atoms with Gasteiger partial charge in [-0.3, -0.25) is 14.5 Å². The SMILES string of the molecule is Cn1cccc1C(CNC(=O)C(=O)Nc1ccc(F)cc1F)N1CCOCC1. The second-order valence-electron chi connectivity index (χ2n) is 6.50. The molecule has 2 amide bonds. The van der Waals surface area contributed by atoms with Crippen LogP contribution < -0.4 is 10.6 Å². The number of carbonyl (C=O) groups excluding carboxylic acids is 2. The van der Waals surface area contributed by atoms with Gasteiger partial charge in [-0.05, 0) is 24.3 Å². The average molecular weight is 392 g/mol. The van der Waals surface area contributed by atoms with Crippen LogP contribution in [-0.4, -0.2) is 54.1 Å². The molecule has 1 fully saturated rings. The van der Waals surface area contributed by atoms with E-state index in [2.05, 4.69) is 15.5 Å². The van der Waals surface area contributed by atoms with E-state index in [9.17, 15) is 18.4 Å². The summed E-state index contributed by atoms with van der Waals surface area (Å²) < 4.78 is 33.9. The molecule has 7 nitrogen and oxygen atoms in total. The maximum atomic E-state index is 13.7. The van der Waals surface area contributed by atoms with Gasteiger partial charge in [0.25, 0.3) is 0 Å². The second kappa shape index (κ2) is 8.94. The molecule has 0 radical (unpaired) electrons. The minimum atomic E-state index is -1.02. The van der Waals surface area contributed by atoms with E-state index in [-0.39, 0.29) is 18.3 Å². The maximum absolute atomic E-state index is 13.7. The number of aryl methyl sites for hydroxylation is 1. The Morgan fingerprint density at radius 1 is 1.18 bits per heavy atom. The highest BCUT2D eigenvalue weighted by atomic mass is 19.1. The van der Waals surface area contributed by atoms with Gasteiger partial charge in [-0.15, -0.1) is 0 Å². The summed E-state index contributed by atoms with van der Waals surface area (Å²) in [5.74, 6) is -3.62. The van der Waals surface area contributed by atoms with Gasteiger partial charge in [0.05, 0.1) is 24.9 Å². The molecule has 1 unspecified atom stereocenters. The summed E-state index contributed by atoms with van der Waals surface area (Å²) in [6, 6.07) is 6.44. The van der Waals surface area contributed by atoms with E-state index in [1.54, 1.807) is 0 Å². The van der Waals surface area contributed by atoms with Gasteiger partial charge < -0.3 is 19.9 Å². The summed E-state index contributed by atoms with van der Waals surface area (Å²) in [6.07, 6.45) is 1.91. The number of anilines is 1. The number of aromatic nitrogens is 1. The van der Waals surface area contributed by atoms with Crippen molar-refractivity contribution in [1.82, 2.24) is 14.8 Å². The number of amides is 2. The molecule has 28 heavy (non-hydrogen) atoms. The summed E-state index contributed by atoms with van der Waals surface area (Å²) in [6.45, 7) is 2.81. The smallest absolute Gasteiger partial charge is 0.313 e. The Morgan fingerprint density at radius 3 is 2.57 bits per heavy atom. The zero-order valence-electron chi connectivity index (χ0n) is 15.5. The van der Waals surface area contributed by atoms with E-state index in [4.69, 9.17) is 4.74 Å². The summed E-state index contributed by atoms with van der Waals surface area (Å²) in [4.78, 5) is 26.4. The molecule has 150 valence electrons. The van der Waals surface area contributed by atoms with Crippen LogP contribution in [0.25, 0.3) is 0 Å². The van der Waals surface area contributed by atoms with Crippen LogP contribution in [0, 0.1) is 11.6 Å². The fourth-order valence-corrected chi connectivity index (χ4v) is 3.17. The van der Waals surface area contributed by atoms with Crippen LogP contribution in [0.4, 0.5) is 14.5 Å². The van der Waals surface area contributed by atoms with E-state index in [1.165, 1.54) is 0 Å². The standard InChI is InChI=1S/C19H22F2N4O3/c1-24-6-2-3-16(24)17(25-7-9-28-10-8-25)12-22-18(26)19(27)23-15-5-4-13(20)11-14(15)21/h2-6,11,17H,7-10,12H2,1H3,(H,22,26)(H,23,27). The predicted octanol–water partition coefficient (Wildman–Crippen LogP) is 1.43. The molecule has 2 aromatic rings. The Bertz CT molecular complexity index is 849. The van der Waals surface area contributed by atoms with Crippen molar-refractivity contribution >= 4 is 17.5 Å².